The predicted octanol–water partition coefficient (Wildman–Crippen LogP) is 3.07. The second-order valence-corrected chi connectivity index (χ2v) is 6.85. The quantitative estimate of drug-likeness (QED) is 0.615. The van der Waals surface area contributed by atoms with Gasteiger partial charge in [0.15, 0.2) is 11.5 Å². The molecule has 1 aromatic carbocycles. The van der Waals surface area contributed by atoms with E-state index in [1.807, 2.05) is 0 Å². The summed E-state index contributed by atoms with van der Waals surface area (Å²) in [5.41, 5.74) is 0.265. The van der Waals surface area contributed by atoms with Crippen molar-refractivity contribution in [1.82, 2.24) is 4.90 Å². The maximum absolute atomic E-state index is 13.2. The molecule has 1 saturated heterocycles. The summed E-state index contributed by atoms with van der Waals surface area (Å²) in [6.45, 7) is 0.179. The summed E-state index contributed by atoms with van der Waals surface area (Å²) in [7, 11) is 0. The van der Waals surface area contributed by atoms with Gasteiger partial charge in [0.2, 0.25) is 0 Å². The average molecular weight is 387 g/mol. The van der Waals surface area contributed by atoms with Gasteiger partial charge in [-0.2, -0.15) is 0 Å². The third kappa shape index (κ3) is 3.74. The number of hydrogen-bond donors (Lipinski definition) is 1. The molecule has 0 aliphatic carbocycles. The van der Waals surface area contributed by atoms with Gasteiger partial charge in [0.25, 0.3) is 5.91 Å². The minimum Gasteiger partial charge on any atom is -0.481 e. The summed E-state index contributed by atoms with van der Waals surface area (Å²) in [4.78, 5) is 24.5. The fraction of sp³-hybridized carbons (Fsp3) is 0.267. The number of ether oxygens (including phenoxy) is 2. The molecule has 6 nitrogen and oxygen atoms in total. The number of carboxylic acids is 1. The van der Waals surface area contributed by atoms with Gasteiger partial charge in [-0.1, -0.05) is 36.1 Å². The number of aliphatic carboxylic acids is 1. The third-order valence-corrected chi connectivity index (χ3v) is 4.77. The first-order valence-corrected chi connectivity index (χ1v) is 8.35. The summed E-state index contributed by atoms with van der Waals surface area (Å²) < 4.78 is 35.6. The van der Waals surface area contributed by atoms with Gasteiger partial charge in [0, 0.05) is 18.5 Å². The van der Waals surface area contributed by atoms with Crippen molar-refractivity contribution in [3.05, 3.63) is 28.7 Å². The first-order chi connectivity index (χ1) is 11.8. The van der Waals surface area contributed by atoms with E-state index in [1.54, 1.807) is 0 Å². The zero-order valence-electron chi connectivity index (χ0n) is 12.5. The average Bonchev–Trinajstić information content (AvgIpc) is 2.97. The lowest BCUT2D eigenvalue weighted by Gasteiger charge is -2.13. The Bertz CT molecular complexity index is 796. The normalized spacial score (nSPS) is 19.8. The van der Waals surface area contributed by atoms with Gasteiger partial charge in [-0.25, -0.2) is 0 Å². The van der Waals surface area contributed by atoms with Crippen molar-refractivity contribution in [3.8, 4) is 11.5 Å². The monoisotopic (exact) mass is 387 g/mol. The first kappa shape index (κ1) is 17.6. The molecule has 1 fully saturated rings. The third-order valence-electron chi connectivity index (χ3n) is 3.39. The summed E-state index contributed by atoms with van der Waals surface area (Å²) in [5.74, 6) is -1.62. The number of carbonyl (C=O) groups excluding carboxylic acids is 1. The molecule has 3 rings (SSSR count). The molecule has 2 aliphatic rings. The van der Waals surface area contributed by atoms with Crippen LogP contribution in [-0.4, -0.2) is 39.0 Å². The predicted molar refractivity (Wildman–Crippen MR) is 89.4 cm³/mol. The number of carboxylic acid groups (broad SMARTS) is 1. The molecule has 2 heterocycles. The van der Waals surface area contributed by atoms with Gasteiger partial charge in [-0.15, -0.1) is 8.78 Å². The number of para-hydroxylation sites is 1. The fourth-order valence-corrected chi connectivity index (χ4v) is 3.63. The van der Waals surface area contributed by atoms with Gasteiger partial charge in [-0.3, -0.25) is 14.5 Å². The van der Waals surface area contributed by atoms with Crippen LogP contribution in [0.2, 0.25) is 0 Å². The van der Waals surface area contributed by atoms with Crippen molar-refractivity contribution in [3.63, 3.8) is 0 Å². The van der Waals surface area contributed by atoms with E-state index in [0.29, 0.717) is 0 Å². The molecule has 1 N–H and O–H groups in total. The Labute approximate surface area is 150 Å². The summed E-state index contributed by atoms with van der Waals surface area (Å²) >= 11 is 6.15. The lowest BCUT2D eigenvalue weighted by Crippen LogP contribution is -2.29. The van der Waals surface area contributed by atoms with Crippen LogP contribution in [0.4, 0.5) is 8.78 Å². The Kier molecular flexibility index (Phi) is 4.65. The summed E-state index contributed by atoms with van der Waals surface area (Å²) in [6.07, 6.45) is -2.16. The van der Waals surface area contributed by atoms with Gasteiger partial charge in [0.05, 0.1) is 4.91 Å². The Balaban J connectivity index is 1.80. The number of thiocarbonyl (C=S) groups is 1. The zero-order valence-corrected chi connectivity index (χ0v) is 14.2. The molecule has 132 valence electrons. The number of benzene rings is 1. The summed E-state index contributed by atoms with van der Waals surface area (Å²) in [5, 5.41) is 8.66. The molecule has 0 atom stereocenters. The molecule has 10 heteroatoms. The van der Waals surface area contributed by atoms with E-state index < -0.39 is 18.2 Å². The molecule has 2 aliphatic heterocycles. The number of nitrogens with zero attached hydrogens (tertiary/aromatic N) is 1. The van der Waals surface area contributed by atoms with Crippen molar-refractivity contribution in [2.45, 2.75) is 19.1 Å². The second-order valence-electron chi connectivity index (χ2n) is 5.17. The van der Waals surface area contributed by atoms with E-state index in [2.05, 4.69) is 9.47 Å². The van der Waals surface area contributed by atoms with Crippen LogP contribution in [0.15, 0.2) is 23.1 Å². The number of fused-ring (bicyclic) bond motifs is 1. The van der Waals surface area contributed by atoms with Gasteiger partial charge >= 0.3 is 12.3 Å². The van der Waals surface area contributed by atoms with Crippen molar-refractivity contribution in [1.29, 1.82) is 0 Å². The van der Waals surface area contributed by atoms with E-state index in [4.69, 9.17) is 17.3 Å². The van der Waals surface area contributed by atoms with Gasteiger partial charge in [0.1, 0.15) is 4.32 Å². The molecule has 1 aromatic rings. The Hall–Kier alpha value is -2.20. The lowest BCUT2D eigenvalue weighted by molar-refractivity contribution is -0.286. The van der Waals surface area contributed by atoms with Gasteiger partial charge in [-0.05, 0) is 18.6 Å². The number of thioether (sulfide) groups is 1. The molecule has 25 heavy (non-hydrogen) atoms. The Morgan fingerprint density at radius 2 is 2.16 bits per heavy atom. The summed E-state index contributed by atoms with van der Waals surface area (Å²) in [6, 6.07) is 4.36. The van der Waals surface area contributed by atoms with Crippen molar-refractivity contribution >= 4 is 46.3 Å². The molecular formula is C15H11F2NO5S2. The molecule has 0 radical (unpaired) electrons. The molecule has 0 aromatic heterocycles. The van der Waals surface area contributed by atoms with E-state index in [0.717, 1.165) is 11.8 Å². The molecular weight excluding hydrogens is 376 g/mol. The van der Waals surface area contributed by atoms with E-state index >= 15 is 0 Å². The number of amides is 1. The molecule has 1 amide bonds. The van der Waals surface area contributed by atoms with Crippen molar-refractivity contribution in [2.75, 3.05) is 6.54 Å². The zero-order chi connectivity index (χ0) is 18.2. The van der Waals surface area contributed by atoms with Crippen molar-refractivity contribution < 1.29 is 33.0 Å². The van der Waals surface area contributed by atoms with Crippen LogP contribution in [0.1, 0.15) is 18.4 Å². The van der Waals surface area contributed by atoms with Gasteiger partial charge < -0.3 is 14.6 Å². The number of carbonyl (C=O) groups is 2. The number of alkyl halides is 2. The molecule has 0 spiro atoms. The molecule has 0 unspecified atom stereocenters. The van der Waals surface area contributed by atoms with E-state index in [1.165, 1.54) is 29.2 Å². The van der Waals surface area contributed by atoms with Crippen LogP contribution in [-0.2, 0) is 9.59 Å². The minimum absolute atomic E-state index is 0.0808. The first-order valence-electron chi connectivity index (χ1n) is 7.13. The highest BCUT2D eigenvalue weighted by atomic mass is 32.2. The van der Waals surface area contributed by atoms with Crippen LogP contribution in [0.25, 0.3) is 6.08 Å². The SMILES string of the molecule is O=C(O)CCCN1C(=O)/C(=C\c2cccc3c2OC(F)(F)O3)SC1=S. The van der Waals surface area contributed by atoms with Crippen LogP contribution in [0.5, 0.6) is 11.5 Å². The molecule has 0 saturated carbocycles. The highest BCUT2D eigenvalue weighted by molar-refractivity contribution is 8.26. The topological polar surface area (TPSA) is 76.1 Å². The smallest absolute Gasteiger partial charge is 0.481 e. The largest absolute Gasteiger partial charge is 0.586 e. The number of rotatable bonds is 5. The molecule has 0 bridgehead atoms. The highest BCUT2D eigenvalue weighted by Crippen LogP contribution is 2.45. The van der Waals surface area contributed by atoms with Crippen LogP contribution in [0.3, 0.4) is 0 Å². The Morgan fingerprint density at radius 1 is 1.40 bits per heavy atom. The number of halogens is 2. The van der Waals surface area contributed by atoms with Crippen LogP contribution >= 0.6 is 24.0 Å². The maximum atomic E-state index is 13.2. The second kappa shape index (κ2) is 6.60. The van der Waals surface area contributed by atoms with E-state index in [-0.39, 0.29) is 45.7 Å². The van der Waals surface area contributed by atoms with Crippen LogP contribution < -0.4 is 9.47 Å². The number of hydrogen-bond acceptors (Lipinski definition) is 6. The van der Waals surface area contributed by atoms with Crippen molar-refractivity contribution in [2.24, 2.45) is 0 Å². The standard InChI is InChI=1S/C15H11F2NO5S2/c16-15(17)22-9-4-1-3-8(12(9)23-15)7-10-13(21)18(14(24)25-10)6-2-5-11(19)20/h1,3-4,7H,2,5-6H2,(H,19,20)/b10-7+. The fourth-order valence-electron chi connectivity index (χ4n) is 2.33. The maximum Gasteiger partial charge on any atom is 0.586 e. The minimum atomic E-state index is -3.75. The van der Waals surface area contributed by atoms with E-state index in [9.17, 15) is 18.4 Å². The Morgan fingerprint density at radius 3 is 2.88 bits per heavy atom. The lowest BCUT2D eigenvalue weighted by atomic mass is 10.1. The van der Waals surface area contributed by atoms with Crippen LogP contribution in [0, 0.1) is 0 Å². The highest BCUT2D eigenvalue weighted by Gasteiger charge is 2.44.